The average molecular weight is 282 g/mol. The highest BCUT2D eigenvalue weighted by atomic mass is 16.3. The third-order valence-electron chi connectivity index (χ3n) is 2.86. The number of nitrogens with zero attached hydrogens (tertiary/aromatic N) is 2. The van der Waals surface area contributed by atoms with Crippen LogP contribution in [0.5, 0.6) is 0 Å². The number of nitrogens with one attached hydrogen (secondary N) is 2. The molecule has 0 aliphatic heterocycles. The van der Waals surface area contributed by atoms with Crippen LogP contribution >= 0.6 is 0 Å². The molecule has 0 atom stereocenters. The molecule has 1 heterocycles. The van der Waals surface area contributed by atoms with Crippen molar-refractivity contribution in [2.24, 2.45) is 4.99 Å². The topological polar surface area (TPSA) is 73.3 Å². The highest BCUT2D eigenvalue weighted by molar-refractivity contribution is 5.79. The number of furan rings is 1. The second kappa shape index (κ2) is 7.75. The van der Waals surface area contributed by atoms with Gasteiger partial charge in [0.1, 0.15) is 5.76 Å². The number of benzene rings is 1. The maximum absolute atomic E-state index is 8.77. The molecule has 2 rings (SSSR count). The molecule has 0 saturated carbocycles. The van der Waals surface area contributed by atoms with Gasteiger partial charge >= 0.3 is 0 Å². The molecule has 5 heteroatoms. The van der Waals surface area contributed by atoms with E-state index in [4.69, 9.17) is 9.68 Å². The van der Waals surface area contributed by atoms with Crippen LogP contribution in [0.2, 0.25) is 0 Å². The molecule has 2 N–H and O–H groups in total. The molecule has 0 unspecified atom stereocenters. The lowest BCUT2D eigenvalue weighted by atomic mass is 10.1. The van der Waals surface area contributed by atoms with Gasteiger partial charge in [-0.1, -0.05) is 12.1 Å². The minimum atomic E-state index is 0.555. The Morgan fingerprint density at radius 3 is 2.67 bits per heavy atom. The summed E-state index contributed by atoms with van der Waals surface area (Å²) in [6, 6.07) is 13.3. The van der Waals surface area contributed by atoms with Crippen molar-refractivity contribution in [3.8, 4) is 6.07 Å². The summed E-state index contributed by atoms with van der Waals surface area (Å²) in [4.78, 5) is 4.51. The lowest BCUT2D eigenvalue weighted by molar-refractivity contribution is 0.501. The normalized spacial score (nSPS) is 11.0. The van der Waals surface area contributed by atoms with Crippen molar-refractivity contribution < 1.29 is 4.42 Å². The molecule has 0 fully saturated rings. The van der Waals surface area contributed by atoms with Crippen LogP contribution in [0.3, 0.4) is 0 Å². The summed E-state index contributed by atoms with van der Waals surface area (Å²) in [6.07, 6.45) is 1.65. The van der Waals surface area contributed by atoms with Gasteiger partial charge in [-0.05, 0) is 36.8 Å². The number of hydrogen-bond acceptors (Lipinski definition) is 3. The molecule has 0 aliphatic carbocycles. The van der Waals surface area contributed by atoms with Gasteiger partial charge in [0, 0.05) is 6.54 Å². The van der Waals surface area contributed by atoms with E-state index in [1.54, 1.807) is 18.4 Å². The first kappa shape index (κ1) is 14.7. The van der Waals surface area contributed by atoms with Crippen LogP contribution in [0.25, 0.3) is 0 Å². The van der Waals surface area contributed by atoms with Crippen molar-refractivity contribution in [3.63, 3.8) is 0 Å². The first-order chi connectivity index (χ1) is 10.3. The SMILES string of the molecule is CCNC(=NCc1ccc(C#N)cc1)NCc1ccco1. The van der Waals surface area contributed by atoms with Crippen molar-refractivity contribution in [2.75, 3.05) is 6.54 Å². The maximum atomic E-state index is 8.77. The molecule has 2 aromatic rings. The number of nitriles is 1. The standard InChI is InChI=1S/C16H18N4O/c1-2-18-16(20-12-15-4-3-9-21-15)19-11-14-7-5-13(10-17)6-8-14/h3-9H,2,11-12H2,1H3,(H2,18,19,20). The second-order valence-corrected chi connectivity index (χ2v) is 4.44. The molecule has 0 bridgehead atoms. The third-order valence-corrected chi connectivity index (χ3v) is 2.86. The van der Waals surface area contributed by atoms with Crippen LogP contribution in [0, 0.1) is 11.3 Å². The van der Waals surface area contributed by atoms with Crippen LogP contribution < -0.4 is 10.6 Å². The van der Waals surface area contributed by atoms with Gasteiger partial charge in [0.25, 0.3) is 0 Å². The third kappa shape index (κ3) is 4.69. The minimum Gasteiger partial charge on any atom is -0.467 e. The minimum absolute atomic E-state index is 0.555. The van der Waals surface area contributed by atoms with E-state index >= 15 is 0 Å². The number of aliphatic imine (C=N–C) groups is 1. The Balaban J connectivity index is 1.94. The van der Waals surface area contributed by atoms with Crippen molar-refractivity contribution in [2.45, 2.75) is 20.0 Å². The van der Waals surface area contributed by atoms with Crippen LogP contribution in [-0.4, -0.2) is 12.5 Å². The van der Waals surface area contributed by atoms with E-state index in [2.05, 4.69) is 21.7 Å². The molecule has 0 aliphatic rings. The van der Waals surface area contributed by atoms with Crippen LogP contribution in [0.1, 0.15) is 23.8 Å². The summed E-state index contributed by atoms with van der Waals surface area (Å²) in [5.41, 5.74) is 1.72. The van der Waals surface area contributed by atoms with Gasteiger partial charge in [-0.15, -0.1) is 0 Å². The zero-order chi connectivity index (χ0) is 14.9. The van der Waals surface area contributed by atoms with E-state index in [1.165, 1.54) is 0 Å². The molecule has 0 radical (unpaired) electrons. The molecule has 0 saturated heterocycles. The quantitative estimate of drug-likeness (QED) is 0.652. The van der Waals surface area contributed by atoms with E-state index < -0.39 is 0 Å². The summed E-state index contributed by atoms with van der Waals surface area (Å²) < 4.78 is 5.27. The molecule has 1 aromatic carbocycles. The van der Waals surface area contributed by atoms with Crippen LogP contribution in [-0.2, 0) is 13.1 Å². The molecule has 1 aromatic heterocycles. The maximum Gasteiger partial charge on any atom is 0.191 e. The number of rotatable bonds is 5. The highest BCUT2D eigenvalue weighted by Gasteiger charge is 2.00. The lowest BCUT2D eigenvalue weighted by Crippen LogP contribution is -2.36. The summed E-state index contributed by atoms with van der Waals surface area (Å²) >= 11 is 0. The first-order valence-corrected chi connectivity index (χ1v) is 6.85. The Morgan fingerprint density at radius 1 is 1.24 bits per heavy atom. The fourth-order valence-corrected chi connectivity index (χ4v) is 1.78. The molecule has 5 nitrogen and oxygen atoms in total. The van der Waals surface area contributed by atoms with Crippen LogP contribution in [0.4, 0.5) is 0 Å². The predicted octanol–water partition coefficient (Wildman–Crippen LogP) is 2.41. The fraction of sp³-hybridized carbons (Fsp3) is 0.250. The number of hydrogen-bond donors (Lipinski definition) is 2. The van der Waals surface area contributed by atoms with Gasteiger partial charge in [0.05, 0.1) is 31.0 Å². The summed E-state index contributed by atoms with van der Waals surface area (Å²) in [7, 11) is 0. The van der Waals surface area contributed by atoms with Gasteiger partial charge < -0.3 is 15.1 Å². The summed E-state index contributed by atoms with van der Waals surface area (Å²) in [6.45, 7) is 3.95. The van der Waals surface area contributed by atoms with E-state index in [0.29, 0.717) is 18.7 Å². The Morgan fingerprint density at radius 2 is 2.05 bits per heavy atom. The van der Waals surface area contributed by atoms with Crippen molar-refractivity contribution >= 4 is 5.96 Å². The first-order valence-electron chi connectivity index (χ1n) is 6.85. The van der Waals surface area contributed by atoms with E-state index in [1.807, 2.05) is 31.2 Å². The van der Waals surface area contributed by atoms with Crippen molar-refractivity contribution in [3.05, 3.63) is 59.5 Å². The van der Waals surface area contributed by atoms with E-state index in [-0.39, 0.29) is 0 Å². The van der Waals surface area contributed by atoms with Gasteiger partial charge in [-0.2, -0.15) is 5.26 Å². The molecular formula is C16H18N4O. The second-order valence-electron chi connectivity index (χ2n) is 4.44. The summed E-state index contributed by atoms with van der Waals surface area (Å²) in [5.74, 6) is 1.59. The Bertz CT molecular complexity index is 609. The van der Waals surface area contributed by atoms with Gasteiger partial charge in [0.2, 0.25) is 0 Å². The smallest absolute Gasteiger partial charge is 0.191 e. The molecule has 0 spiro atoms. The molecule has 0 amide bonds. The zero-order valence-electron chi connectivity index (χ0n) is 12.0. The largest absolute Gasteiger partial charge is 0.467 e. The van der Waals surface area contributed by atoms with Gasteiger partial charge in [-0.3, -0.25) is 0 Å². The highest BCUT2D eigenvalue weighted by Crippen LogP contribution is 2.04. The van der Waals surface area contributed by atoms with E-state index in [9.17, 15) is 0 Å². The Hall–Kier alpha value is -2.74. The van der Waals surface area contributed by atoms with Gasteiger partial charge in [0.15, 0.2) is 5.96 Å². The molecule has 108 valence electrons. The number of guanidine groups is 1. The van der Waals surface area contributed by atoms with E-state index in [0.717, 1.165) is 23.8 Å². The predicted molar refractivity (Wildman–Crippen MR) is 81.5 cm³/mol. The fourth-order valence-electron chi connectivity index (χ4n) is 1.78. The zero-order valence-corrected chi connectivity index (χ0v) is 12.0. The van der Waals surface area contributed by atoms with Gasteiger partial charge in [-0.25, -0.2) is 4.99 Å². The van der Waals surface area contributed by atoms with Crippen molar-refractivity contribution in [1.82, 2.24) is 10.6 Å². The lowest BCUT2D eigenvalue weighted by Gasteiger charge is -2.10. The molecule has 21 heavy (non-hydrogen) atoms. The Labute approximate surface area is 124 Å². The van der Waals surface area contributed by atoms with Crippen molar-refractivity contribution in [1.29, 1.82) is 5.26 Å². The molecular weight excluding hydrogens is 264 g/mol. The Kier molecular flexibility index (Phi) is 5.41. The average Bonchev–Trinajstić information content (AvgIpc) is 3.04. The summed E-state index contributed by atoms with van der Waals surface area (Å²) in [5, 5.41) is 15.2. The van der Waals surface area contributed by atoms with Crippen LogP contribution in [0.15, 0.2) is 52.1 Å². The monoisotopic (exact) mass is 282 g/mol.